The van der Waals surface area contributed by atoms with Gasteiger partial charge in [-0.3, -0.25) is 19.8 Å². The fraction of sp³-hybridized carbons (Fsp3) is 0.333. The quantitative estimate of drug-likeness (QED) is 0.792. The number of allylic oxidation sites excluding steroid dienone is 2. The number of carbonyl (C=O) groups is 1. The van der Waals surface area contributed by atoms with E-state index in [1.54, 1.807) is 0 Å². The van der Waals surface area contributed by atoms with Crippen LogP contribution in [-0.2, 0) is 4.79 Å². The number of nitrogens with zero attached hydrogens (tertiary/aromatic N) is 1. The maximum Gasteiger partial charge on any atom is 0.270 e. The van der Waals surface area contributed by atoms with Crippen LogP contribution in [0.2, 0.25) is 0 Å². The number of ketones is 1. The number of aromatic nitrogens is 2. The van der Waals surface area contributed by atoms with Gasteiger partial charge >= 0.3 is 0 Å². The van der Waals surface area contributed by atoms with Crippen molar-refractivity contribution in [2.24, 2.45) is 0 Å². The molecule has 24 heavy (non-hydrogen) atoms. The van der Waals surface area contributed by atoms with Crippen LogP contribution in [0.25, 0.3) is 0 Å². The molecule has 6 heteroatoms. The number of hydrogen-bond donors (Lipinski definition) is 3. The lowest BCUT2D eigenvalue weighted by Gasteiger charge is -2.31. The molecule has 6 nitrogen and oxygen atoms in total. The van der Waals surface area contributed by atoms with Gasteiger partial charge in [-0.05, 0) is 30.5 Å². The predicted molar refractivity (Wildman–Crippen MR) is 93.5 cm³/mol. The molecule has 1 atom stereocenters. The molecule has 1 aliphatic carbocycles. The Hall–Kier alpha value is -2.76. The van der Waals surface area contributed by atoms with Gasteiger partial charge in [0.2, 0.25) is 0 Å². The van der Waals surface area contributed by atoms with Crippen LogP contribution >= 0.6 is 0 Å². The molecular weight excluding hydrogens is 304 g/mol. The van der Waals surface area contributed by atoms with Gasteiger partial charge in [0, 0.05) is 43.4 Å². The predicted octanol–water partition coefficient (Wildman–Crippen LogP) is 2.33. The van der Waals surface area contributed by atoms with Crippen molar-refractivity contribution in [2.75, 3.05) is 24.3 Å². The van der Waals surface area contributed by atoms with Gasteiger partial charge in [-0.1, -0.05) is 12.1 Å². The minimum absolute atomic E-state index is 0.136. The van der Waals surface area contributed by atoms with Crippen LogP contribution in [0.4, 0.5) is 11.5 Å². The summed E-state index contributed by atoms with van der Waals surface area (Å²) in [4.78, 5) is 27.0. The number of anilines is 2. The topological polar surface area (TPSA) is 81.0 Å². The number of fused-ring (bicyclic) bond motifs is 1. The lowest BCUT2D eigenvalue weighted by Crippen LogP contribution is -2.29. The van der Waals surface area contributed by atoms with Crippen LogP contribution < -0.4 is 15.8 Å². The lowest BCUT2D eigenvalue weighted by atomic mass is 9.77. The first-order valence-corrected chi connectivity index (χ1v) is 8.17. The molecule has 2 aromatic rings. The van der Waals surface area contributed by atoms with E-state index in [-0.39, 0.29) is 17.3 Å². The molecule has 1 aromatic heterocycles. The SMILES string of the molecule is CN(C)c1ccc(C2C3=C(CCCC3=O)Nc3[nH][nH]c(=O)c32)cc1. The van der Waals surface area contributed by atoms with Crippen LogP contribution in [0.5, 0.6) is 0 Å². The zero-order valence-corrected chi connectivity index (χ0v) is 13.8. The highest BCUT2D eigenvalue weighted by Crippen LogP contribution is 2.43. The van der Waals surface area contributed by atoms with E-state index in [1.807, 2.05) is 43.3 Å². The molecule has 0 spiro atoms. The van der Waals surface area contributed by atoms with E-state index in [0.29, 0.717) is 17.8 Å². The summed E-state index contributed by atoms with van der Waals surface area (Å²) in [5.74, 6) is 0.502. The maximum atomic E-state index is 12.6. The van der Waals surface area contributed by atoms with Crippen molar-refractivity contribution < 1.29 is 4.79 Å². The highest BCUT2D eigenvalue weighted by Gasteiger charge is 2.37. The maximum absolute atomic E-state index is 12.6. The minimum atomic E-state index is -0.310. The zero-order chi connectivity index (χ0) is 16.8. The third-order valence-electron chi connectivity index (χ3n) is 4.87. The molecule has 124 valence electrons. The summed E-state index contributed by atoms with van der Waals surface area (Å²) in [5.41, 5.74) is 4.16. The molecule has 2 aliphatic rings. The van der Waals surface area contributed by atoms with Crippen LogP contribution in [0.15, 0.2) is 40.3 Å². The Balaban J connectivity index is 1.89. The van der Waals surface area contributed by atoms with E-state index in [4.69, 9.17) is 0 Å². The van der Waals surface area contributed by atoms with Crippen molar-refractivity contribution in [1.82, 2.24) is 10.2 Å². The molecule has 1 aliphatic heterocycles. The Morgan fingerprint density at radius 1 is 1.04 bits per heavy atom. The second kappa shape index (κ2) is 5.40. The van der Waals surface area contributed by atoms with E-state index in [0.717, 1.165) is 35.4 Å². The molecule has 3 N–H and O–H groups in total. The number of carbonyl (C=O) groups excluding carboxylic acids is 1. The Kier molecular flexibility index (Phi) is 3.33. The molecule has 4 rings (SSSR count). The average Bonchev–Trinajstić information content (AvgIpc) is 2.94. The third kappa shape index (κ3) is 2.18. The summed E-state index contributed by atoms with van der Waals surface area (Å²) in [6.07, 6.45) is 2.23. The average molecular weight is 324 g/mol. The molecule has 1 unspecified atom stereocenters. The number of Topliss-reactive ketones (excluding diaryl/α,β-unsaturated/α-hetero) is 1. The van der Waals surface area contributed by atoms with Crippen LogP contribution in [0, 0.1) is 0 Å². The van der Waals surface area contributed by atoms with E-state index in [1.165, 1.54) is 0 Å². The normalized spacial score (nSPS) is 19.6. The Bertz CT molecular complexity index is 886. The Labute approximate surface area is 139 Å². The van der Waals surface area contributed by atoms with Crippen LogP contribution in [0.3, 0.4) is 0 Å². The molecule has 0 bridgehead atoms. The smallest absolute Gasteiger partial charge is 0.270 e. The van der Waals surface area contributed by atoms with Gasteiger partial charge in [-0.25, -0.2) is 0 Å². The van der Waals surface area contributed by atoms with Gasteiger partial charge in [0.25, 0.3) is 5.56 Å². The first-order chi connectivity index (χ1) is 11.6. The fourth-order valence-corrected chi connectivity index (χ4v) is 3.66. The second-order valence-electron chi connectivity index (χ2n) is 6.58. The summed E-state index contributed by atoms with van der Waals surface area (Å²) in [7, 11) is 3.97. The molecule has 1 aromatic carbocycles. The van der Waals surface area contributed by atoms with Crippen LogP contribution in [-0.4, -0.2) is 30.1 Å². The number of rotatable bonds is 2. The van der Waals surface area contributed by atoms with Crippen LogP contribution in [0.1, 0.15) is 36.3 Å². The standard InChI is InChI=1S/C18H20N4O2/c1-22(2)11-8-6-10(7-9-11)14-15-12(4-3-5-13(15)23)19-17-16(14)18(24)21-20-17/h6-9,14H,3-5H2,1-2H3,(H3,19,20,21,24). The summed E-state index contributed by atoms with van der Waals surface area (Å²) in [6.45, 7) is 0. The van der Waals surface area contributed by atoms with Gasteiger partial charge in [0.05, 0.1) is 5.56 Å². The lowest BCUT2D eigenvalue weighted by molar-refractivity contribution is -0.116. The van der Waals surface area contributed by atoms with Gasteiger partial charge in [0.15, 0.2) is 5.78 Å². The van der Waals surface area contributed by atoms with Crippen molar-refractivity contribution in [3.63, 3.8) is 0 Å². The van der Waals surface area contributed by atoms with E-state index in [2.05, 4.69) is 15.5 Å². The zero-order valence-electron chi connectivity index (χ0n) is 13.8. The highest BCUT2D eigenvalue weighted by molar-refractivity contribution is 6.00. The Morgan fingerprint density at radius 2 is 1.79 bits per heavy atom. The van der Waals surface area contributed by atoms with Gasteiger partial charge in [-0.2, -0.15) is 0 Å². The van der Waals surface area contributed by atoms with E-state index < -0.39 is 0 Å². The van der Waals surface area contributed by atoms with Gasteiger partial charge in [-0.15, -0.1) is 0 Å². The van der Waals surface area contributed by atoms with Crippen molar-refractivity contribution in [2.45, 2.75) is 25.2 Å². The fourth-order valence-electron chi connectivity index (χ4n) is 3.66. The number of benzene rings is 1. The number of H-pyrrole nitrogens is 2. The third-order valence-corrected chi connectivity index (χ3v) is 4.87. The second-order valence-corrected chi connectivity index (χ2v) is 6.58. The largest absolute Gasteiger partial charge is 0.378 e. The summed E-state index contributed by atoms with van der Waals surface area (Å²) in [6, 6.07) is 8.05. The number of aromatic amines is 2. The summed E-state index contributed by atoms with van der Waals surface area (Å²) >= 11 is 0. The molecule has 2 heterocycles. The Morgan fingerprint density at radius 3 is 2.50 bits per heavy atom. The first kappa shape index (κ1) is 14.8. The molecule has 0 fully saturated rings. The van der Waals surface area contributed by atoms with Gasteiger partial charge in [0.1, 0.15) is 5.82 Å². The minimum Gasteiger partial charge on any atom is -0.378 e. The summed E-state index contributed by atoms with van der Waals surface area (Å²) < 4.78 is 0. The van der Waals surface area contributed by atoms with Crippen molar-refractivity contribution in [3.8, 4) is 0 Å². The molecule has 0 radical (unpaired) electrons. The first-order valence-electron chi connectivity index (χ1n) is 8.17. The number of nitrogens with one attached hydrogen (secondary N) is 3. The van der Waals surface area contributed by atoms with Crippen molar-refractivity contribution in [1.29, 1.82) is 0 Å². The van der Waals surface area contributed by atoms with E-state index >= 15 is 0 Å². The highest BCUT2D eigenvalue weighted by atomic mass is 16.1. The van der Waals surface area contributed by atoms with Crippen molar-refractivity contribution in [3.05, 3.63) is 57.0 Å². The monoisotopic (exact) mass is 324 g/mol. The summed E-state index contributed by atoms with van der Waals surface area (Å²) in [5, 5.41) is 8.79. The molecule has 0 saturated heterocycles. The number of hydrogen-bond acceptors (Lipinski definition) is 4. The molecule has 0 amide bonds. The van der Waals surface area contributed by atoms with Crippen molar-refractivity contribution >= 4 is 17.3 Å². The van der Waals surface area contributed by atoms with E-state index in [9.17, 15) is 9.59 Å². The molecular formula is C18H20N4O2. The van der Waals surface area contributed by atoms with Gasteiger partial charge < -0.3 is 10.2 Å². The molecule has 0 saturated carbocycles.